The molecule has 3 unspecified atom stereocenters. The van der Waals surface area contributed by atoms with Gasteiger partial charge in [0.05, 0.1) is 5.69 Å². The van der Waals surface area contributed by atoms with Gasteiger partial charge in [0.25, 0.3) is 0 Å². The van der Waals surface area contributed by atoms with Crippen LogP contribution in [0.5, 0.6) is 0 Å². The maximum absolute atomic E-state index is 14.6. The fraction of sp³-hybridized carbons (Fsp3) is 0.667. The summed E-state index contributed by atoms with van der Waals surface area (Å²) in [5.41, 5.74) is 7.80. The lowest BCUT2D eigenvalue weighted by atomic mass is 9.91. The predicted octanol–water partition coefficient (Wildman–Crippen LogP) is 3.87. The average molecular weight is 290 g/mol. The molecule has 1 heterocycles. The van der Waals surface area contributed by atoms with E-state index in [1.807, 2.05) is 6.07 Å². The van der Waals surface area contributed by atoms with E-state index in [-0.39, 0.29) is 11.9 Å². The standard InChI is InChI=1S/C18H27FN2/c1-2-15(20)11-13-8-9-18(16(19)12-13)21-10-4-6-14-5-3-7-17(14)21/h8-9,12,14-15,17H,2-7,10-11,20H2,1H3. The summed E-state index contributed by atoms with van der Waals surface area (Å²) in [5, 5.41) is 0. The van der Waals surface area contributed by atoms with Gasteiger partial charge in [-0.2, -0.15) is 0 Å². The highest BCUT2D eigenvalue weighted by molar-refractivity contribution is 5.51. The highest BCUT2D eigenvalue weighted by atomic mass is 19.1. The monoisotopic (exact) mass is 290 g/mol. The molecule has 2 aliphatic rings. The molecule has 116 valence electrons. The van der Waals surface area contributed by atoms with Crippen LogP contribution in [0.3, 0.4) is 0 Å². The number of fused-ring (bicyclic) bond motifs is 1. The molecule has 0 amide bonds. The topological polar surface area (TPSA) is 29.3 Å². The van der Waals surface area contributed by atoms with Crippen LogP contribution in [-0.2, 0) is 6.42 Å². The second kappa shape index (κ2) is 6.35. The molecule has 3 atom stereocenters. The Labute approximate surface area is 127 Å². The molecule has 2 fully saturated rings. The van der Waals surface area contributed by atoms with Gasteiger partial charge in [0.2, 0.25) is 0 Å². The molecular formula is C18H27FN2. The summed E-state index contributed by atoms with van der Waals surface area (Å²) < 4.78 is 14.6. The lowest BCUT2D eigenvalue weighted by Gasteiger charge is -2.39. The number of piperidine rings is 1. The third-order valence-corrected chi connectivity index (χ3v) is 5.34. The summed E-state index contributed by atoms with van der Waals surface area (Å²) in [4.78, 5) is 2.33. The van der Waals surface area contributed by atoms with Crippen LogP contribution in [0.4, 0.5) is 10.1 Å². The Morgan fingerprint density at radius 1 is 1.29 bits per heavy atom. The van der Waals surface area contributed by atoms with Crippen LogP contribution in [0.2, 0.25) is 0 Å². The molecule has 1 saturated carbocycles. The summed E-state index contributed by atoms with van der Waals surface area (Å²) in [6, 6.07) is 6.44. The van der Waals surface area contributed by atoms with Gasteiger partial charge in [-0.3, -0.25) is 0 Å². The van der Waals surface area contributed by atoms with Gasteiger partial charge in [-0.15, -0.1) is 0 Å². The SMILES string of the molecule is CCC(N)Cc1ccc(N2CCCC3CCCC32)c(F)c1. The number of hydrogen-bond donors (Lipinski definition) is 1. The van der Waals surface area contributed by atoms with Gasteiger partial charge in [0, 0.05) is 18.6 Å². The largest absolute Gasteiger partial charge is 0.366 e. The van der Waals surface area contributed by atoms with Gasteiger partial charge >= 0.3 is 0 Å². The van der Waals surface area contributed by atoms with Crippen LogP contribution in [0.1, 0.15) is 51.0 Å². The molecule has 2 N–H and O–H groups in total. The van der Waals surface area contributed by atoms with Crippen LogP contribution in [0.15, 0.2) is 18.2 Å². The summed E-state index contributed by atoms with van der Waals surface area (Å²) in [6.07, 6.45) is 8.07. The molecule has 0 bridgehead atoms. The van der Waals surface area contributed by atoms with Crippen molar-refractivity contribution in [3.05, 3.63) is 29.6 Å². The Hall–Kier alpha value is -1.09. The number of benzene rings is 1. The number of nitrogens with zero attached hydrogens (tertiary/aromatic N) is 1. The number of hydrogen-bond acceptors (Lipinski definition) is 2. The lowest BCUT2D eigenvalue weighted by Crippen LogP contribution is -2.43. The quantitative estimate of drug-likeness (QED) is 0.912. The van der Waals surface area contributed by atoms with Gasteiger partial charge in [-0.05, 0) is 62.1 Å². The van der Waals surface area contributed by atoms with Crippen LogP contribution in [-0.4, -0.2) is 18.6 Å². The number of rotatable bonds is 4. The van der Waals surface area contributed by atoms with E-state index in [0.717, 1.165) is 36.6 Å². The molecule has 2 nitrogen and oxygen atoms in total. The zero-order chi connectivity index (χ0) is 14.8. The van der Waals surface area contributed by atoms with Crippen molar-refractivity contribution in [1.82, 2.24) is 0 Å². The van der Waals surface area contributed by atoms with E-state index in [0.29, 0.717) is 6.04 Å². The smallest absolute Gasteiger partial charge is 0.146 e. The first-order chi connectivity index (χ1) is 10.2. The fourth-order valence-corrected chi connectivity index (χ4v) is 4.11. The first kappa shape index (κ1) is 14.8. The molecule has 0 spiro atoms. The first-order valence-electron chi connectivity index (χ1n) is 8.49. The normalized spacial score (nSPS) is 26.7. The molecule has 1 aromatic rings. The summed E-state index contributed by atoms with van der Waals surface area (Å²) in [5.74, 6) is 0.717. The Morgan fingerprint density at radius 3 is 2.86 bits per heavy atom. The molecular weight excluding hydrogens is 263 g/mol. The third-order valence-electron chi connectivity index (χ3n) is 5.34. The molecule has 3 rings (SSSR count). The van der Waals surface area contributed by atoms with Crippen LogP contribution < -0.4 is 10.6 Å². The Bertz CT molecular complexity index is 488. The van der Waals surface area contributed by atoms with Crippen molar-refractivity contribution < 1.29 is 4.39 Å². The number of anilines is 1. The summed E-state index contributed by atoms with van der Waals surface area (Å²) in [6.45, 7) is 3.08. The van der Waals surface area contributed by atoms with E-state index in [1.54, 1.807) is 6.07 Å². The molecule has 1 aliphatic heterocycles. The minimum atomic E-state index is -0.0663. The van der Waals surface area contributed by atoms with E-state index >= 15 is 0 Å². The maximum Gasteiger partial charge on any atom is 0.146 e. The molecule has 1 aliphatic carbocycles. The van der Waals surface area contributed by atoms with E-state index < -0.39 is 0 Å². The zero-order valence-electron chi connectivity index (χ0n) is 13.0. The van der Waals surface area contributed by atoms with Crippen LogP contribution >= 0.6 is 0 Å². The Balaban J connectivity index is 1.78. The molecule has 0 radical (unpaired) electrons. The lowest BCUT2D eigenvalue weighted by molar-refractivity contribution is 0.359. The Kier molecular flexibility index (Phi) is 4.48. The van der Waals surface area contributed by atoms with Gasteiger partial charge in [-0.1, -0.05) is 19.4 Å². The summed E-state index contributed by atoms with van der Waals surface area (Å²) in [7, 11) is 0. The van der Waals surface area contributed by atoms with Crippen molar-refractivity contribution in [1.29, 1.82) is 0 Å². The molecule has 21 heavy (non-hydrogen) atoms. The van der Waals surface area contributed by atoms with E-state index in [4.69, 9.17) is 5.73 Å². The van der Waals surface area contributed by atoms with Crippen molar-refractivity contribution in [3.8, 4) is 0 Å². The van der Waals surface area contributed by atoms with Crippen LogP contribution in [0, 0.1) is 11.7 Å². The second-order valence-corrected chi connectivity index (χ2v) is 6.75. The van der Waals surface area contributed by atoms with E-state index in [2.05, 4.69) is 17.9 Å². The maximum atomic E-state index is 14.6. The van der Waals surface area contributed by atoms with Crippen molar-refractivity contribution >= 4 is 5.69 Å². The van der Waals surface area contributed by atoms with Crippen molar-refractivity contribution in [3.63, 3.8) is 0 Å². The number of nitrogens with two attached hydrogens (primary N) is 1. The third kappa shape index (κ3) is 3.08. The van der Waals surface area contributed by atoms with Crippen LogP contribution in [0.25, 0.3) is 0 Å². The van der Waals surface area contributed by atoms with Gasteiger partial charge in [-0.25, -0.2) is 4.39 Å². The first-order valence-corrected chi connectivity index (χ1v) is 8.49. The van der Waals surface area contributed by atoms with Gasteiger partial charge in [0.15, 0.2) is 0 Å². The predicted molar refractivity (Wildman–Crippen MR) is 86.1 cm³/mol. The molecule has 1 aromatic carbocycles. The van der Waals surface area contributed by atoms with Crippen molar-refractivity contribution in [2.75, 3.05) is 11.4 Å². The molecule has 1 saturated heterocycles. The minimum absolute atomic E-state index is 0.0663. The molecule has 0 aromatic heterocycles. The van der Waals surface area contributed by atoms with Gasteiger partial charge in [0.1, 0.15) is 5.82 Å². The summed E-state index contributed by atoms with van der Waals surface area (Å²) >= 11 is 0. The highest BCUT2D eigenvalue weighted by Gasteiger charge is 2.35. The number of halogens is 1. The van der Waals surface area contributed by atoms with E-state index in [9.17, 15) is 4.39 Å². The Morgan fingerprint density at radius 2 is 2.10 bits per heavy atom. The minimum Gasteiger partial charge on any atom is -0.366 e. The van der Waals surface area contributed by atoms with Crippen molar-refractivity contribution in [2.45, 2.75) is 64.0 Å². The fourth-order valence-electron chi connectivity index (χ4n) is 4.11. The zero-order valence-corrected chi connectivity index (χ0v) is 13.0. The second-order valence-electron chi connectivity index (χ2n) is 6.75. The van der Waals surface area contributed by atoms with Crippen molar-refractivity contribution in [2.24, 2.45) is 11.7 Å². The molecule has 3 heteroatoms. The van der Waals surface area contributed by atoms with E-state index in [1.165, 1.54) is 32.1 Å². The highest BCUT2D eigenvalue weighted by Crippen LogP contribution is 2.39. The average Bonchev–Trinajstić information content (AvgIpc) is 2.96. The van der Waals surface area contributed by atoms with Gasteiger partial charge < -0.3 is 10.6 Å².